The Balaban J connectivity index is 3.68. The first-order valence-corrected chi connectivity index (χ1v) is 16.9. The first-order chi connectivity index (χ1) is 19.0. The third kappa shape index (κ3) is 23.7. The average Bonchev–Trinajstić information content (AvgIpc) is 2.94. The molecule has 0 saturated carbocycles. The SMILES string of the molecule is CCCCCCCCCCCCCCCCCCCCC(O)C(=O)NC(CO)C(O)C(O)CCCCCCC. The molecule has 0 spiro atoms. The van der Waals surface area contributed by atoms with Gasteiger partial charge in [0.1, 0.15) is 12.2 Å². The molecule has 0 fully saturated rings. The van der Waals surface area contributed by atoms with Crippen molar-refractivity contribution in [2.24, 2.45) is 0 Å². The van der Waals surface area contributed by atoms with E-state index in [0.29, 0.717) is 12.8 Å². The van der Waals surface area contributed by atoms with Gasteiger partial charge in [-0.2, -0.15) is 0 Å². The number of amides is 1. The number of aliphatic hydroxyl groups is 4. The normalized spacial score (nSPS) is 14.7. The van der Waals surface area contributed by atoms with Crippen molar-refractivity contribution in [2.75, 3.05) is 6.61 Å². The molecule has 0 bridgehead atoms. The second-order valence-corrected chi connectivity index (χ2v) is 11.9. The van der Waals surface area contributed by atoms with Crippen molar-refractivity contribution in [3.05, 3.63) is 0 Å². The minimum absolute atomic E-state index is 0.374. The molecular weight excluding hydrogens is 490 g/mol. The summed E-state index contributed by atoms with van der Waals surface area (Å²) < 4.78 is 0. The Hall–Kier alpha value is -0.690. The molecule has 0 saturated heterocycles. The molecular formula is C33H67NO5. The van der Waals surface area contributed by atoms with E-state index in [2.05, 4.69) is 19.2 Å². The molecule has 234 valence electrons. The minimum Gasteiger partial charge on any atom is -0.394 e. The van der Waals surface area contributed by atoms with Crippen LogP contribution in [0.15, 0.2) is 0 Å². The topological polar surface area (TPSA) is 110 Å². The summed E-state index contributed by atoms with van der Waals surface area (Å²) in [7, 11) is 0. The molecule has 0 aliphatic rings. The van der Waals surface area contributed by atoms with E-state index < -0.39 is 36.9 Å². The van der Waals surface area contributed by atoms with Crippen molar-refractivity contribution >= 4 is 5.91 Å². The van der Waals surface area contributed by atoms with Gasteiger partial charge >= 0.3 is 0 Å². The van der Waals surface area contributed by atoms with Crippen LogP contribution < -0.4 is 5.32 Å². The number of nitrogens with one attached hydrogen (secondary N) is 1. The van der Waals surface area contributed by atoms with Crippen LogP contribution in [0.5, 0.6) is 0 Å². The molecule has 0 aromatic carbocycles. The zero-order chi connectivity index (χ0) is 29.0. The van der Waals surface area contributed by atoms with Crippen LogP contribution in [0, 0.1) is 0 Å². The fourth-order valence-electron chi connectivity index (χ4n) is 5.28. The van der Waals surface area contributed by atoms with E-state index in [4.69, 9.17) is 0 Å². The third-order valence-corrected chi connectivity index (χ3v) is 8.07. The fraction of sp³-hybridized carbons (Fsp3) is 0.970. The molecule has 1 amide bonds. The molecule has 39 heavy (non-hydrogen) atoms. The van der Waals surface area contributed by atoms with Gasteiger partial charge in [0.25, 0.3) is 0 Å². The lowest BCUT2D eigenvalue weighted by atomic mass is 9.99. The summed E-state index contributed by atoms with van der Waals surface area (Å²) in [6.45, 7) is 3.93. The Labute approximate surface area is 241 Å². The van der Waals surface area contributed by atoms with Gasteiger partial charge in [0.2, 0.25) is 5.91 Å². The van der Waals surface area contributed by atoms with Crippen LogP contribution in [-0.4, -0.2) is 57.3 Å². The van der Waals surface area contributed by atoms with Gasteiger partial charge < -0.3 is 25.7 Å². The monoisotopic (exact) mass is 558 g/mol. The Morgan fingerprint density at radius 3 is 1.23 bits per heavy atom. The van der Waals surface area contributed by atoms with E-state index in [-0.39, 0.29) is 0 Å². The second kappa shape index (κ2) is 28.8. The lowest BCUT2D eigenvalue weighted by Gasteiger charge is -2.27. The van der Waals surface area contributed by atoms with Gasteiger partial charge in [-0.05, 0) is 12.8 Å². The van der Waals surface area contributed by atoms with Gasteiger partial charge in [-0.15, -0.1) is 0 Å². The van der Waals surface area contributed by atoms with Gasteiger partial charge in [0, 0.05) is 0 Å². The van der Waals surface area contributed by atoms with E-state index >= 15 is 0 Å². The number of hydrogen-bond acceptors (Lipinski definition) is 5. The first kappa shape index (κ1) is 38.3. The van der Waals surface area contributed by atoms with Crippen LogP contribution in [-0.2, 0) is 4.79 Å². The van der Waals surface area contributed by atoms with Crippen molar-refractivity contribution < 1.29 is 25.2 Å². The first-order valence-electron chi connectivity index (χ1n) is 16.9. The fourth-order valence-corrected chi connectivity index (χ4v) is 5.28. The molecule has 0 rings (SSSR count). The molecule has 0 aromatic heterocycles. The zero-order valence-electron chi connectivity index (χ0n) is 25.9. The van der Waals surface area contributed by atoms with Crippen LogP contribution in [0.1, 0.15) is 174 Å². The highest BCUT2D eigenvalue weighted by atomic mass is 16.3. The van der Waals surface area contributed by atoms with Gasteiger partial charge in [0.05, 0.1) is 18.8 Å². The van der Waals surface area contributed by atoms with E-state index in [1.165, 1.54) is 96.3 Å². The lowest BCUT2D eigenvalue weighted by molar-refractivity contribution is -0.132. The molecule has 0 aliphatic carbocycles. The number of carbonyl (C=O) groups excluding carboxylic acids is 1. The number of aliphatic hydroxyl groups excluding tert-OH is 4. The summed E-state index contributed by atoms with van der Waals surface area (Å²) in [6.07, 6.45) is 25.9. The van der Waals surface area contributed by atoms with Crippen LogP contribution in [0.3, 0.4) is 0 Å². The minimum atomic E-state index is -1.25. The number of unbranched alkanes of at least 4 members (excludes halogenated alkanes) is 21. The molecule has 0 radical (unpaired) electrons. The van der Waals surface area contributed by atoms with Crippen molar-refractivity contribution in [1.29, 1.82) is 0 Å². The maximum absolute atomic E-state index is 12.3. The Kier molecular flexibility index (Phi) is 28.3. The highest BCUT2D eigenvalue weighted by Gasteiger charge is 2.28. The smallest absolute Gasteiger partial charge is 0.249 e. The number of hydrogen-bond donors (Lipinski definition) is 5. The largest absolute Gasteiger partial charge is 0.394 e. The summed E-state index contributed by atoms with van der Waals surface area (Å²) in [5.41, 5.74) is 0. The molecule has 6 nitrogen and oxygen atoms in total. The molecule has 0 aromatic rings. The maximum atomic E-state index is 12.3. The molecule has 6 heteroatoms. The van der Waals surface area contributed by atoms with Gasteiger partial charge in [-0.25, -0.2) is 0 Å². The molecule has 0 heterocycles. The lowest BCUT2D eigenvalue weighted by Crippen LogP contribution is -2.53. The van der Waals surface area contributed by atoms with Crippen LogP contribution in [0.4, 0.5) is 0 Å². The molecule has 5 N–H and O–H groups in total. The highest BCUT2D eigenvalue weighted by molar-refractivity contribution is 5.80. The van der Waals surface area contributed by atoms with Gasteiger partial charge in [0.15, 0.2) is 0 Å². The standard InChI is InChI=1S/C33H67NO5/c1-3-5-7-9-10-11-12-13-14-15-16-17-18-19-20-21-23-25-27-31(37)33(39)34-29(28-35)32(38)30(36)26-24-22-8-6-4-2/h29-32,35-38H,3-28H2,1-2H3,(H,34,39). The van der Waals surface area contributed by atoms with Gasteiger partial charge in [-0.1, -0.05) is 162 Å². The summed E-state index contributed by atoms with van der Waals surface area (Å²) >= 11 is 0. The number of carbonyl (C=O) groups is 1. The summed E-state index contributed by atoms with van der Waals surface area (Å²) in [6, 6.07) is -0.974. The average molecular weight is 558 g/mol. The Morgan fingerprint density at radius 1 is 0.538 bits per heavy atom. The van der Waals surface area contributed by atoms with Crippen molar-refractivity contribution in [3.8, 4) is 0 Å². The Bertz CT molecular complexity index is 518. The summed E-state index contributed by atoms with van der Waals surface area (Å²) in [5.74, 6) is -0.588. The highest BCUT2D eigenvalue weighted by Crippen LogP contribution is 2.15. The zero-order valence-corrected chi connectivity index (χ0v) is 25.9. The third-order valence-electron chi connectivity index (χ3n) is 8.07. The van der Waals surface area contributed by atoms with Crippen molar-refractivity contribution in [1.82, 2.24) is 5.32 Å². The van der Waals surface area contributed by atoms with Crippen molar-refractivity contribution in [3.63, 3.8) is 0 Å². The Morgan fingerprint density at radius 2 is 0.872 bits per heavy atom. The number of rotatable bonds is 30. The van der Waals surface area contributed by atoms with Crippen molar-refractivity contribution in [2.45, 2.75) is 199 Å². The van der Waals surface area contributed by atoms with E-state index in [9.17, 15) is 25.2 Å². The van der Waals surface area contributed by atoms with Gasteiger partial charge in [-0.3, -0.25) is 4.79 Å². The van der Waals surface area contributed by atoms with Crippen LogP contribution in [0.25, 0.3) is 0 Å². The van der Waals surface area contributed by atoms with E-state index in [1.807, 2.05) is 0 Å². The maximum Gasteiger partial charge on any atom is 0.249 e. The summed E-state index contributed by atoms with van der Waals surface area (Å²) in [5, 5.41) is 42.9. The molecule has 4 unspecified atom stereocenters. The van der Waals surface area contributed by atoms with E-state index in [1.54, 1.807) is 0 Å². The van der Waals surface area contributed by atoms with Crippen LogP contribution >= 0.6 is 0 Å². The van der Waals surface area contributed by atoms with E-state index in [0.717, 1.165) is 51.4 Å². The second-order valence-electron chi connectivity index (χ2n) is 11.9. The predicted octanol–water partition coefficient (Wildman–Crippen LogP) is 7.34. The predicted molar refractivity (Wildman–Crippen MR) is 164 cm³/mol. The molecule has 0 aliphatic heterocycles. The summed E-state index contributed by atoms with van der Waals surface area (Å²) in [4.78, 5) is 12.3. The molecule has 4 atom stereocenters. The quantitative estimate of drug-likeness (QED) is 0.0594. The van der Waals surface area contributed by atoms with Crippen LogP contribution in [0.2, 0.25) is 0 Å².